The molecule has 1 N–H and O–H groups in total. The second kappa shape index (κ2) is 6.07. The first-order valence-corrected chi connectivity index (χ1v) is 7.64. The zero-order valence-corrected chi connectivity index (χ0v) is 12.6. The Kier molecular flexibility index (Phi) is 4.42. The molecule has 0 unspecified atom stereocenters. The third-order valence-electron chi connectivity index (χ3n) is 2.79. The number of benzene rings is 1. The lowest BCUT2D eigenvalue weighted by Crippen LogP contribution is -1.94. The van der Waals surface area contributed by atoms with Gasteiger partial charge in [0.2, 0.25) is 0 Å². The summed E-state index contributed by atoms with van der Waals surface area (Å²) in [7, 11) is 0. The molecule has 4 nitrogen and oxygen atoms in total. The summed E-state index contributed by atoms with van der Waals surface area (Å²) in [5, 5.41) is 17.8. The van der Waals surface area contributed by atoms with E-state index in [2.05, 4.69) is 11.1 Å². The van der Waals surface area contributed by atoms with Gasteiger partial charge in [0.05, 0.1) is 17.3 Å². The van der Waals surface area contributed by atoms with Crippen molar-refractivity contribution in [3.8, 4) is 6.07 Å². The number of hydrogen-bond donors (Lipinski definition) is 1. The van der Waals surface area contributed by atoms with Crippen molar-refractivity contribution in [2.75, 3.05) is 0 Å². The number of nitriles is 1. The number of aromatic carboxylic acids is 1. The fourth-order valence-electron chi connectivity index (χ4n) is 1.70. The standard InChI is InChI=1S/C14H12N2O2S2/c1-8-5-10(6-15)3-4-11(8)7-19-14-16-9(2)12(20-14)13(17)18/h3-5H,7H2,1-2H3,(H,17,18). The average molecular weight is 304 g/mol. The molecule has 1 aromatic heterocycles. The molecule has 1 heterocycles. The van der Waals surface area contributed by atoms with Crippen LogP contribution >= 0.6 is 23.1 Å². The van der Waals surface area contributed by atoms with Gasteiger partial charge in [0.1, 0.15) is 4.88 Å². The number of aryl methyl sites for hydroxylation is 2. The molecule has 102 valence electrons. The van der Waals surface area contributed by atoms with Crippen LogP contribution in [-0.2, 0) is 5.75 Å². The van der Waals surface area contributed by atoms with Crippen molar-refractivity contribution in [1.29, 1.82) is 5.26 Å². The fraction of sp³-hybridized carbons (Fsp3) is 0.214. The number of aromatic nitrogens is 1. The number of thiazole rings is 1. The summed E-state index contributed by atoms with van der Waals surface area (Å²) in [6.07, 6.45) is 0. The van der Waals surface area contributed by atoms with Gasteiger partial charge in [-0.15, -0.1) is 11.3 Å². The first-order chi connectivity index (χ1) is 9.51. The summed E-state index contributed by atoms with van der Waals surface area (Å²) < 4.78 is 0.753. The molecular formula is C14H12N2O2S2. The lowest BCUT2D eigenvalue weighted by atomic mass is 10.1. The van der Waals surface area contributed by atoms with E-state index in [0.717, 1.165) is 15.5 Å². The minimum absolute atomic E-state index is 0.295. The van der Waals surface area contributed by atoms with E-state index < -0.39 is 5.97 Å². The highest BCUT2D eigenvalue weighted by Crippen LogP contribution is 2.30. The molecule has 0 bridgehead atoms. The molecule has 20 heavy (non-hydrogen) atoms. The van der Waals surface area contributed by atoms with Crippen molar-refractivity contribution < 1.29 is 9.90 Å². The summed E-state index contributed by atoms with van der Waals surface area (Å²) in [5.74, 6) is -0.217. The van der Waals surface area contributed by atoms with Crippen molar-refractivity contribution >= 4 is 29.1 Å². The molecule has 0 radical (unpaired) electrons. The highest BCUT2D eigenvalue weighted by atomic mass is 32.2. The maximum Gasteiger partial charge on any atom is 0.347 e. The quantitative estimate of drug-likeness (QED) is 0.873. The normalized spacial score (nSPS) is 10.2. The molecule has 1 aromatic carbocycles. The van der Waals surface area contributed by atoms with E-state index in [9.17, 15) is 4.79 Å². The molecule has 0 aliphatic rings. The molecule has 0 amide bonds. The Morgan fingerprint density at radius 2 is 2.25 bits per heavy atom. The van der Waals surface area contributed by atoms with Gasteiger partial charge in [0.15, 0.2) is 4.34 Å². The van der Waals surface area contributed by atoms with Gasteiger partial charge < -0.3 is 5.11 Å². The Hall–Kier alpha value is -1.84. The van der Waals surface area contributed by atoms with E-state index in [1.807, 2.05) is 19.1 Å². The minimum Gasteiger partial charge on any atom is -0.477 e. The molecule has 2 aromatic rings. The van der Waals surface area contributed by atoms with Crippen molar-refractivity contribution in [3.05, 3.63) is 45.5 Å². The van der Waals surface area contributed by atoms with Crippen molar-refractivity contribution in [2.45, 2.75) is 23.9 Å². The van der Waals surface area contributed by atoms with Crippen molar-refractivity contribution in [3.63, 3.8) is 0 Å². The van der Waals surface area contributed by atoms with E-state index in [0.29, 0.717) is 21.9 Å². The topological polar surface area (TPSA) is 74.0 Å². The van der Waals surface area contributed by atoms with E-state index >= 15 is 0 Å². The average Bonchev–Trinajstić information content (AvgIpc) is 2.78. The molecule has 0 aliphatic carbocycles. The summed E-state index contributed by atoms with van der Waals surface area (Å²) in [4.78, 5) is 15.5. The van der Waals surface area contributed by atoms with Gasteiger partial charge in [-0.3, -0.25) is 0 Å². The van der Waals surface area contributed by atoms with E-state index in [-0.39, 0.29) is 0 Å². The SMILES string of the molecule is Cc1cc(C#N)ccc1CSc1nc(C)c(C(=O)O)s1. The molecule has 2 rings (SSSR count). The minimum atomic E-state index is -0.929. The Bertz CT molecular complexity index is 702. The Morgan fingerprint density at radius 3 is 2.80 bits per heavy atom. The van der Waals surface area contributed by atoms with Crippen molar-refractivity contribution in [1.82, 2.24) is 4.98 Å². The third-order valence-corrected chi connectivity index (χ3v) is 5.13. The fourth-order valence-corrected chi connectivity index (χ4v) is 3.80. The highest BCUT2D eigenvalue weighted by molar-refractivity contribution is 8.00. The number of rotatable bonds is 4. The van der Waals surface area contributed by atoms with Gasteiger partial charge in [0, 0.05) is 5.75 Å². The van der Waals surface area contributed by atoms with Gasteiger partial charge in [-0.25, -0.2) is 9.78 Å². The van der Waals surface area contributed by atoms with Gasteiger partial charge in [0.25, 0.3) is 0 Å². The van der Waals surface area contributed by atoms with Crippen LogP contribution in [-0.4, -0.2) is 16.1 Å². The first kappa shape index (κ1) is 14.6. The van der Waals surface area contributed by atoms with Crippen LogP contribution in [0.25, 0.3) is 0 Å². The van der Waals surface area contributed by atoms with E-state index in [1.165, 1.54) is 23.1 Å². The largest absolute Gasteiger partial charge is 0.477 e. The van der Waals surface area contributed by atoms with Crippen LogP contribution in [0.4, 0.5) is 0 Å². The van der Waals surface area contributed by atoms with Crippen LogP contribution in [0.5, 0.6) is 0 Å². The van der Waals surface area contributed by atoms with Gasteiger partial charge in [-0.1, -0.05) is 17.8 Å². The maximum atomic E-state index is 11.0. The van der Waals surface area contributed by atoms with Crippen LogP contribution in [0.15, 0.2) is 22.5 Å². The van der Waals surface area contributed by atoms with Crippen LogP contribution in [0, 0.1) is 25.2 Å². The second-order valence-corrected chi connectivity index (χ2v) is 6.46. The van der Waals surface area contributed by atoms with Crippen molar-refractivity contribution in [2.24, 2.45) is 0 Å². The lowest BCUT2D eigenvalue weighted by Gasteiger charge is -2.04. The summed E-state index contributed by atoms with van der Waals surface area (Å²) in [6.45, 7) is 3.67. The van der Waals surface area contributed by atoms with Crippen LogP contribution in [0.3, 0.4) is 0 Å². The second-order valence-electron chi connectivity index (χ2n) is 4.24. The Morgan fingerprint density at radius 1 is 1.50 bits per heavy atom. The zero-order chi connectivity index (χ0) is 14.7. The summed E-state index contributed by atoms with van der Waals surface area (Å²) in [6, 6.07) is 7.68. The number of carboxylic acids is 1. The molecule has 0 fully saturated rings. The Balaban J connectivity index is 2.11. The number of thioether (sulfide) groups is 1. The van der Waals surface area contributed by atoms with Gasteiger partial charge >= 0.3 is 5.97 Å². The smallest absolute Gasteiger partial charge is 0.347 e. The van der Waals surface area contributed by atoms with Crippen LogP contribution in [0.2, 0.25) is 0 Å². The number of carboxylic acid groups (broad SMARTS) is 1. The number of nitrogens with zero attached hydrogens (tertiary/aromatic N) is 2. The summed E-state index contributed by atoms with van der Waals surface area (Å²) in [5.41, 5.74) is 3.39. The van der Waals surface area contributed by atoms with E-state index in [4.69, 9.17) is 10.4 Å². The molecule has 0 saturated carbocycles. The molecular weight excluding hydrogens is 292 g/mol. The van der Waals surface area contributed by atoms with Crippen LogP contribution < -0.4 is 0 Å². The summed E-state index contributed by atoms with van der Waals surface area (Å²) >= 11 is 2.72. The lowest BCUT2D eigenvalue weighted by molar-refractivity contribution is 0.0701. The molecule has 0 atom stereocenters. The highest BCUT2D eigenvalue weighted by Gasteiger charge is 2.14. The molecule has 6 heteroatoms. The Labute approximate surface area is 125 Å². The predicted molar refractivity (Wildman–Crippen MR) is 79.3 cm³/mol. The zero-order valence-electron chi connectivity index (χ0n) is 11.0. The monoisotopic (exact) mass is 304 g/mol. The maximum absolute atomic E-state index is 11.0. The van der Waals surface area contributed by atoms with Gasteiger partial charge in [-0.2, -0.15) is 5.26 Å². The third kappa shape index (κ3) is 3.18. The van der Waals surface area contributed by atoms with Gasteiger partial charge in [-0.05, 0) is 37.1 Å². The van der Waals surface area contributed by atoms with E-state index in [1.54, 1.807) is 13.0 Å². The number of carbonyl (C=O) groups is 1. The first-order valence-electron chi connectivity index (χ1n) is 5.84. The number of hydrogen-bond acceptors (Lipinski definition) is 5. The predicted octanol–water partition coefficient (Wildman–Crippen LogP) is 3.62. The molecule has 0 aliphatic heterocycles. The molecule has 0 spiro atoms. The van der Waals surface area contributed by atoms with Crippen LogP contribution in [0.1, 0.15) is 32.1 Å². The molecule has 0 saturated heterocycles.